The highest BCUT2D eigenvalue weighted by molar-refractivity contribution is 5.62. The quantitative estimate of drug-likeness (QED) is 0.885. The number of nitrogens with zero attached hydrogens (tertiary/aromatic N) is 1. The molecule has 1 aliphatic rings. The molecule has 0 atom stereocenters. The van der Waals surface area contributed by atoms with Crippen molar-refractivity contribution >= 4 is 0 Å². The molecule has 19 heavy (non-hydrogen) atoms. The Bertz CT molecular complexity index is 540. The van der Waals surface area contributed by atoms with Gasteiger partial charge < -0.3 is 9.88 Å². The second kappa shape index (κ2) is 5.62. The Morgan fingerprint density at radius 2 is 2.05 bits per heavy atom. The Hall–Kier alpha value is -1.54. The minimum Gasteiger partial charge on any atom is -0.344 e. The lowest BCUT2D eigenvalue weighted by molar-refractivity contribution is 0.638. The summed E-state index contributed by atoms with van der Waals surface area (Å²) in [7, 11) is 0. The molecule has 0 amide bonds. The molecule has 100 valence electrons. The summed E-state index contributed by atoms with van der Waals surface area (Å²) < 4.78 is 2.54. The van der Waals surface area contributed by atoms with Crippen LogP contribution in [0.25, 0.3) is 11.3 Å². The standard InChI is InChI=1S/C17H22N2/c1-2-11-19-16-9-6-10-18-13-15(16)12-17(19)14-7-4-3-5-8-14/h3-5,7-8,12,18H,2,6,9-11,13H2,1H3. The van der Waals surface area contributed by atoms with Gasteiger partial charge in [0.1, 0.15) is 0 Å². The maximum atomic E-state index is 3.52. The van der Waals surface area contributed by atoms with Gasteiger partial charge in [-0.2, -0.15) is 0 Å². The molecule has 1 aromatic heterocycles. The lowest BCUT2D eigenvalue weighted by Crippen LogP contribution is -2.11. The Labute approximate surface area is 115 Å². The molecule has 0 saturated heterocycles. The molecule has 0 aliphatic carbocycles. The Kier molecular flexibility index (Phi) is 3.69. The predicted octanol–water partition coefficient (Wildman–Crippen LogP) is 3.60. The van der Waals surface area contributed by atoms with Crippen LogP contribution in [-0.4, -0.2) is 11.1 Å². The van der Waals surface area contributed by atoms with E-state index >= 15 is 0 Å². The first-order valence-electron chi connectivity index (χ1n) is 7.37. The molecule has 0 unspecified atom stereocenters. The van der Waals surface area contributed by atoms with Crippen molar-refractivity contribution in [2.24, 2.45) is 0 Å². The third kappa shape index (κ3) is 2.45. The van der Waals surface area contributed by atoms with Crippen LogP contribution in [0.15, 0.2) is 36.4 Å². The monoisotopic (exact) mass is 254 g/mol. The van der Waals surface area contributed by atoms with Crippen LogP contribution in [0.1, 0.15) is 31.0 Å². The molecular weight excluding hydrogens is 232 g/mol. The first-order valence-corrected chi connectivity index (χ1v) is 7.37. The molecule has 1 aliphatic heterocycles. The summed E-state index contributed by atoms with van der Waals surface area (Å²) in [4.78, 5) is 0. The summed E-state index contributed by atoms with van der Waals surface area (Å²) in [5.41, 5.74) is 5.76. The second-order valence-electron chi connectivity index (χ2n) is 5.30. The van der Waals surface area contributed by atoms with Crippen molar-refractivity contribution in [2.75, 3.05) is 6.54 Å². The molecule has 0 bridgehead atoms. The molecular formula is C17H22N2. The zero-order chi connectivity index (χ0) is 13.1. The van der Waals surface area contributed by atoms with E-state index in [1.807, 2.05) is 0 Å². The van der Waals surface area contributed by atoms with Crippen LogP contribution >= 0.6 is 0 Å². The zero-order valence-electron chi connectivity index (χ0n) is 11.7. The topological polar surface area (TPSA) is 17.0 Å². The number of rotatable bonds is 3. The van der Waals surface area contributed by atoms with E-state index in [-0.39, 0.29) is 0 Å². The van der Waals surface area contributed by atoms with Gasteiger partial charge in [0.05, 0.1) is 0 Å². The van der Waals surface area contributed by atoms with E-state index in [4.69, 9.17) is 0 Å². The van der Waals surface area contributed by atoms with Gasteiger partial charge >= 0.3 is 0 Å². The first kappa shape index (κ1) is 12.5. The van der Waals surface area contributed by atoms with Gasteiger partial charge in [0.2, 0.25) is 0 Å². The minimum absolute atomic E-state index is 1.02. The summed E-state index contributed by atoms with van der Waals surface area (Å²) in [6.07, 6.45) is 3.64. The number of aromatic nitrogens is 1. The van der Waals surface area contributed by atoms with E-state index in [0.717, 1.165) is 19.6 Å². The second-order valence-corrected chi connectivity index (χ2v) is 5.30. The van der Waals surface area contributed by atoms with E-state index in [0.29, 0.717) is 0 Å². The Balaban J connectivity index is 2.09. The van der Waals surface area contributed by atoms with Gasteiger partial charge in [-0.05, 0) is 43.0 Å². The molecule has 0 spiro atoms. The van der Waals surface area contributed by atoms with Gasteiger partial charge in [0.25, 0.3) is 0 Å². The van der Waals surface area contributed by atoms with Gasteiger partial charge in [0, 0.05) is 24.5 Å². The largest absolute Gasteiger partial charge is 0.344 e. The lowest BCUT2D eigenvalue weighted by Gasteiger charge is -2.12. The van der Waals surface area contributed by atoms with Crippen molar-refractivity contribution in [3.8, 4) is 11.3 Å². The third-order valence-corrected chi connectivity index (χ3v) is 3.90. The Morgan fingerprint density at radius 1 is 1.21 bits per heavy atom. The predicted molar refractivity (Wildman–Crippen MR) is 80.2 cm³/mol. The fourth-order valence-corrected chi connectivity index (χ4v) is 3.02. The van der Waals surface area contributed by atoms with E-state index in [1.54, 1.807) is 5.69 Å². The van der Waals surface area contributed by atoms with Crippen molar-refractivity contribution in [1.29, 1.82) is 0 Å². The van der Waals surface area contributed by atoms with Crippen LogP contribution in [0.5, 0.6) is 0 Å². The maximum absolute atomic E-state index is 3.52. The zero-order valence-corrected chi connectivity index (χ0v) is 11.7. The van der Waals surface area contributed by atoms with Crippen molar-refractivity contribution in [1.82, 2.24) is 9.88 Å². The van der Waals surface area contributed by atoms with E-state index in [2.05, 4.69) is 53.2 Å². The summed E-state index contributed by atoms with van der Waals surface area (Å²) in [6, 6.07) is 13.2. The summed E-state index contributed by atoms with van der Waals surface area (Å²) in [5.74, 6) is 0. The highest BCUT2D eigenvalue weighted by Gasteiger charge is 2.17. The van der Waals surface area contributed by atoms with Crippen LogP contribution in [0.4, 0.5) is 0 Å². The lowest BCUT2D eigenvalue weighted by atomic mass is 10.1. The molecule has 2 heteroatoms. The molecule has 2 aromatic rings. The summed E-state index contributed by atoms with van der Waals surface area (Å²) >= 11 is 0. The van der Waals surface area contributed by atoms with Crippen molar-refractivity contribution in [3.63, 3.8) is 0 Å². The molecule has 3 rings (SSSR count). The van der Waals surface area contributed by atoms with E-state index in [1.165, 1.54) is 36.1 Å². The number of benzene rings is 1. The van der Waals surface area contributed by atoms with Crippen LogP contribution in [-0.2, 0) is 19.5 Å². The van der Waals surface area contributed by atoms with Gasteiger partial charge in [-0.1, -0.05) is 37.3 Å². The molecule has 0 fully saturated rings. The summed E-state index contributed by atoms with van der Waals surface area (Å²) in [5, 5.41) is 3.52. The number of hydrogen-bond acceptors (Lipinski definition) is 1. The molecule has 1 aromatic carbocycles. The van der Waals surface area contributed by atoms with Crippen LogP contribution in [0.2, 0.25) is 0 Å². The highest BCUT2D eigenvalue weighted by Crippen LogP contribution is 2.28. The normalized spacial score (nSPS) is 15.0. The van der Waals surface area contributed by atoms with Crippen molar-refractivity contribution in [3.05, 3.63) is 47.7 Å². The van der Waals surface area contributed by atoms with Crippen molar-refractivity contribution in [2.45, 2.75) is 39.3 Å². The third-order valence-electron chi connectivity index (χ3n) is 3.90. The molecule has 0 saturated carbocycles. The van der Waals surface area contributed by atoms with Gasteiger partial charge in [-0.3, -0.25) is 0 Å². The average Bonchev–Trinajstić information content (AvgIpc) is 2.64. The van der Waals surface area contributed by atoms with Crippen LogP contribution in [0, 0.1) is 0 Å². The van der Waals surface area contributed by atoms with Gasteiger partial charge in [-0.15, -0.1) is 0 Å². The number of hydrogen-bond donors (Lipinski definition) is 1. The number of fused-ring (bicyclic) bond motifs is 1. The summed E-state index contributed by atoms with van der Waals surface area (Å²) in [6.45, 7) is 5.54. The molecule has 0 radical (unpaired) electrons. The minimum atomic E-state index is 1.02. The SMILES string of the molecule is CCCn1c(-c2ccccc2)cc2c1CCCNC2. The van der Waals surface area contributed by atoms with E-state index in [9.17, 15) is 0 Å². The van der Waals surface area contributed by atoms with Crippen LogP contribution < -0.4 is 5.32 Å². The average molecular weight is 254 g/mol. The van der Waals surface area contributed by atoms with Crippen LogP contribution in [0.3, 0.4) is 0 Å². The fourth-order valence-electron chi connectivity index (χ4n) is 3.02. The Morgan fingerprint density at radius 3 is 2.84 bits per heavy atom. The number of nitrogens with one attached hydrogen (secondary N) is 1. The van der Waals surface area contributed by atoms with Gasteiger partial charge in [0.15, 0.2) is 0 Å². The molecule has 1 N–H and O–H groups in total. The van der Waals surface area contributed by atoms with E-state index < -0.39 is 0 Å². The maximum Gasteiger partial charge on any atom is 0.0485 e. The smallest absolute Gasteiger partial charge is 0.0485 e. The molecule has 2 nitrogen and oxygen atoms in total. The highest BCUT2D eigenvalue weighted by atomic mass is 15.0. The molecule has 2 heterocycles. The van der Waals surface area contributed by atoms with Crippen molar-refractivity contribution < 1.29 is 0 Å². The first-order chi connectivity index (χ1) is 9.40. The fraction of sp³-hybridized carbons (Fsp3) is 0.412. The van der Waals surface area contributed by atoms with Gasteiger partial charge in [-0.25, -0.2) is 0 Å².